The van der Waals surface area contributed by atoms with Gasteiger partial charge in [-0.3, -0.25) is 0 Å². The lowest BCUT2D eigenvalue weighted by atomic mass is 10.3. The number of alkyl halides is 1. The van der Waals surface area contributed by atoms with Gasteiger partial charge in [-0.15, -0.1) is 11.6 Å². The summed E-state index contributed by atoms with van der Waals surface area (Å²) in [7, 11) is 1.63. The van der Waals surface area contributed by atoms with E-state index in [0.29, 0.717) is 43.2 Å². The molecular weight excluding hydrogens is 265 g/mol. The molecule has 6 heteroatoms. The van der Waals surface area contributed by atoms with Crippen molar-refractivity contribution in [2.75, 3.05) is 33.5 Å². The Morgan fingerprint density at radius 2 is 2.00 bits per heavy atom. The molecule has 0 amide bonds. The lowest BCUT2D eigenvalue weighted by Gasteiger charge is -2.07. The van der Waals surface area contributed by atoms with Gasteiger partial charge in [0, 0.05) is 25.3 Å². The number of nitrogens with zero attached hydrogens (tertiary/aromatic N) is 1. The third kappa shape index (κ3) is 5.55. The van der Waals surface area contributed by atoms with E-state index in [0.717, 1.165) is 5.56 Å². The van der Waals surface area contributed by atoms with Crippen LogP contribution >= 0.6 is 23.2 Å². The van der Waals surface area contributed by atoms with Crippen LogP contribution in [0.4, 0.5) is 0 Å². The van der Waals surface area contributed by atoms with Gasteiger partial charge in [0.2, 0.25) is 5.88 Å². The molecule has 0 N–H and O–H groups in total. The van der Waals surface area contributed by atoms with Crippen molar-refractivity contribution in [1.82, 2.24) is 4.98 Å². The summed E-state index contributed by atoms with van der Waals surface area (Å²) in [5.74, 6) is 0.836. The summed E-state index contributed by atoms with van der Waals surface area (Å²) < 4.78 is 15.5. The lowest BCUT2D eigenvalue weighted by Crippen LogP contribution is -2.10. The Hall–Kier alpha value is -0.550. The first kappa shape index (κ1) is 14.5. The van der Waals surface area contributed by atoms with Crippen LogP contribution in [0.15, 0.2) is 12.3 Å². The molecule has 96 valence electrons. The molecule has 0 saturated heterocycles. The third-order valence-corrected chi connectivity index (χ3v) is 2.59. The standard InChI is InChI=1S/C11H15Cl2NO3/c1-15-2-3-16-4-5-17-11-6-9(7-12)10(13)8-14-11/h6,8H,2-5,7H2,1H3. The van der Waals surface area contributed by atoms with Crippen molar-refractivity contribution in [3.63, 3.8) is 0 Å². The van der Waals surface area contributed by atoms with Crippen LogP contribution in [0.3, 0.4) is 0 Å². The van der Waals surface area contributed by atoms with Gasteiger partial charge in [0.1, 0.15) is 6.61 Å². The lowest BCUT2D eigenvalue weighted by molar-refractivity contribution is 0.0537. The van der Waals surface area contributed by atoms with Crippen LogP contribution < -0.4 is 4.74 Å². The van der Waals surface area contributed by atoms with Crippen LogP contribution in [0.5, 0.6) is 5.88 Å². The van der Waals surface area contributed by atoms with Crippen LogP contribution in [-0.2, 0) is 15.4 Å². The molecule has 0 saturated carbocycles. The number of aromatic nitrogens is 1. The Kier molecular flexibility index (Phi) is 7.28. The number of rotatable bonds is 8. The number of hydrogen-bond donors (Lipinski definition) is 0. The van der Waals surface area contributed by atoms with E-state index in [-0.39, 0.29) is 0 Å². The second kappa shape index (κ2) is 8.53. The molecule has 0 aliphatic rings. The summed E-state index contributed by atoms with van der Waals surface area (Å²) in [6.07, 6.45) is 1.53. The Morgan fingerprint density at radius 3 is 2.71 bits per heavy atom. The quantitative estimate of drug-likeness (QED) is 0.542. The van der Waals surface area contributed by atoms with Gasteiger partial charge < -0.3 is 14.2 Å². The van der Waals surface area contributed by atoms with E-state index in [1.54, 1.807) is 13.2 Å². The molecule has 0 aliphatic heterocycles. The van der Waals surface area contributed by atoms with Crippen LogP contribution in [0.2, 0.25) is 5.02 Å². The number of hydrogen-bond acceptors (Lipinski definition) is 4. The maximum atomic E-state index is 5.87. The van der Waals surface area contributed by atoms with Gasteiger partial charge in [-0.1, -0.05) is 11.6 Å². The molecule has 1 rings (SSSR count). The summed E-state index contributed by atoms with van der Waals surface area (Å²) in [5.41, 5.74) is 0.804. The summed E-state index contributed by atoms with van der Waals surface area (Å²) in [5, 5.41) is 0.545. The van der Waals surface area contributed by atoms with Crippen molar-refractivity contribution in [3.05, 3.63) is 22.8 Å². The first-order valence-corrected chi connectivity index (χ1v) is 6.09. The van der Waals surface area contributed by atoms with Gasteiger partial charge >= 0.3 is 0 Å². The van der Waals surface area contributed by atoms with Crippen molar-refractivity contribution in [2.45, 2.75) is 5.88 Å². The average molecular weight is 280 g/mol. The van der Waals surface area contributed by atoms with Gasteiger partial charge in [0.15, 0.2) is 0 Å². The number of pyridine rings is 1. The highest BCUT2D eigenvalue weighted by Crippen LogP contribution is 2.20. The van der Waals surface area contributed by atoms with Gasteiger partial charge in [-0.05, 0) is 5.56 Å². The molecule has 0 radical (unpaired) electrons. The van der Waals surface area contributed by atoms with E-state index in [9.17, 15) is 0 Å². The van der Waals surface area contributed by atoms with Gasteiger partial charge in [0.25, 0.3) is 0 Å². The third-order valence-electron chi connectivity index (χ3n) is 1.96. The molecule has 0 aliphatic carbocycles. The molecule has 0 aromatic carbocycles. The predicted molar refractivity (Wildman–Crippen MR) is 67.0 cm³/mol. The van der Waals surface area contributed by atoms with E-state index in [1.165, 1.54) is 6.20 Å². The molecule has 17 heavy (non-hydrogen) atoms. The molecule has 0 spiro atoms. The van der Waals surface area contributed by atoms with E-state index in [4.69, 9.17) is 37.4 Å². The highest BCUT2D eigenvalue weighted by molar-refractivity contribution is 6.32. The smallest absolute Gasteiger partial charge is 0.213 e. The minimum absolute atomic E-state index is 0.335. The zero-order chi connectivity index (χ0) is 12.5. The second-order valence-corrected chi connectivity index (χ2v) is 3.88. The Morgan fingerprint density at radius 1 is 1.24 bits per heavy atom. The second-order valence-electron chi connectivity index (χ2n) is 3.20. The first-order valence-electron chi connectivity index (χ1n) is 5.17. The van der Waals surface area contributed by atoms with Crippen molar-refractivity contribution in [1.29, 1.82) is 0 Å². The van der Waals surface area contributed by atoms with Crippen molar-refractivity contribution < 1.29 is 14.2 Å². The van der Waals surface area contributed by atoms with E-state index in [2.05, 4.69) is 4.98 Å². The van der Waals surface area contributed by atoms with Crippen LogP contribution in [0.1, 0.15) is 5.56 Å². The highest BCUT2D eigenvalue weighted by atomic mass is 35.5. The number of ether oxygens (including phenoxy) is 3. The van der Waals surface area contributed by atoms with E-state index >= 15 is 0 Å². The van der Waals surface area contributed by atoms with Crippen LogP contribution in [0.25, 0.3) is 0 Å². The predicted octanol–water partition coefficient (Wildman–Crippen LogP) is 2.52. The summed E-state index contributed by atoms with van der Waals surface area (Å²) in [4.78, 5) is 4.03. The topological polar surface area (TPSA) is 40.6 Å². The molecule has 0 unspecified atom stereocenters. The molecule has 0 atom stereocenters. The zero-order valence-corrected chi connectivity index (χ0v) is 11.1. The monoisotopic (exact) mass is 279 g/mol. The molecular formula is C11H15Cl2NO3. The molecule has 1 heterocycles. The first-order chi connectivity index (χ1) is 8.27. The molecule has 0 fully saturated rings. The fourth-order valence-electron chi connectivity index (χ4n) is 1.09. The average Bonchev–Trinajstić information content (AvgIpc) is 2.35. The van der Waals surface area contributed by atoms with Crippen LogP contribution in [-0.4, -0.2) is 38.5 Å². The molecule has 0 bridgehead atoms. The van der Waals surface area contributed by atoms with Crippen molar-refractivity contribution in [2.24, 2.45) is 0 Å². The van der Waals surface area contributed by atoms with Gasteiger partial charge in [0.05, 0.1) is 24.8 Å². The minimum atomic E-state index is 0.335. The fraction of sp³-hybridized carbons (Fsp3) is 0.545. The van der Waals surface area contributed by atoms with Crippen molar-refractivity contribution in [3.8, 4) is 5.88 Å². The summed E-state index contributed by atoms with van der Waals surface area (Å²) >= 11 is 11.6. The van der Waals surface area contributed by atoms with Crippen molar-refractivity contribution >= 4 is 23.2 Å². The van der Waals surface area contributed by atoms with Gasteiger partial charge in [-0.25, -0.2) is 4.98 Å². The summed E-state index contributed by atoms with van der Waals surface area (Å²) in [6, 6.07) is 1.73. The molecule has 1 aromatic rings. The van der Waals surface area contributed by atoms with Gasteiger partial charge in [-0.2, -0.15) is 0 Å². The summed E-state index contributed by atoms with van der Waals surface area (Å²) in [6.45, 7) is 2.06. The van der Waals surface area contributed by atoms with Crippen LogP contribution in [0, 0.1) is 0 Å². The highest BCUT2D eigenvalue weighted by Gasteiger charge is 2.03. The Labute approximate surface area is 111 Å². The maximum absolute atomic E-state index is 5.87. The number of methoxy groups -OCH3 is 1. The minimum Gasteiger partial charge on any atom is -0.475 e. The number of halogens is 2. The SMILES string of the molecule is COCCOCCOc1cc(CCl)c(Cl)cn1. The Bertz CT molecular complexity index is 336. The maximum Gasteiger partial charge on any atom is 0.213 e. The normalized spacial score (nSPS) is 10.5. The Balaban J connectivity index is 2.27. The molecule has 1 aromatic heterocycles. The molecule has 4 nitrogen and oxygen atoms in total. The fourth-order valence-corrected chi connectivity index (χ4v) is 1.55. The van der Waals surface area contributed by atoms with E-state index < -0.39 is 0 Å². The largest absolute Gasteiger partial charge is 0.475 e. The zero-order valence-electron chi connectivity index (χ0n) is 9.62. The van der Waals surface area contributed by atoms with E-state index in [1.807, 2.05) is 0 Å².